The first-order valence-corrected chi connectivity index (χ1v) is 9.12. The van der Waals surface area contributed by atoms with Crippen molar-refractivity contribution in [3.8, 4) is 0 Å². The van der Waals surface area contributed by atoms with Crippen molar-refractivity contribution in [1.29, 1.82) is 0 Å². The number of aliphatic carboxylic acids is 1. The number of carbonyl (C=O) groups is 1. The molecule has 0 amide bonds. The quantitative estimate of drug-likeness (QED) is 0.721. The Morgan fingerprint density at radius 2 is 1.92 bits per heavy atom. The summed E-state index contributed by atoms with van der Waals surface area (Å²) in [6.45, 7) is 0. The number of hydrogen-bond acceptors (Lipinski definition) is 4. The lowest BCUT2D eigenvalue weighted by Gasteiger charge is -2.24. The van der Waals surface area contributed by atoms with Crippen molar-refractivity contribution in [3.63, 3.8) is 0 Å². The van der Waals surface area contributed by atoms with Crippen molar-refractivity contribution in [1.82, 2.24) is 5.32 Å². The van der Waals surface area contributed by atoms with Crippen LogP contribution in [0.3, 0.4) is 0 Å². The normalized spacial score (nSPS) is 14.3. The highest BCUT2D eigenvalue weighted by atomic mass is 32.2. The van der Waals surface area contributed by atoms with Crippen LogP contribution in [0.1, 0.15) is 16.5 Å². The molecule has 2 N–H and O–H groups in total. The molecule has 0 fully saturated rings. The Kier molecular flexibility index (Phi) is 6.70. The molecule has 0 unspecified atom stereocenters. The van der Waals surface area contributed by atoms with E-state index in [1.165, 1.54) is 29.3 Å². The van der Waals surface area contributed by atoms with Crippen molar-refractivity contribution in [2.24, 2.45) is 0 Å². The number of nitrogens with one attached hydrogen (secondary N) is 1. The Morgan fingerprint density at radius 1 is 1.21 bits per heavy atom. The summed E-state index contributed by atoms with van der Waals surface area (Å²) in [5.41, 5.74) is 0.997. The van der Waals surface area contributed by atoms with E-state index in [4.69, 9.17) is 0 Å². The lowest BCUT2D eigenvalue weighted by molar-refractivity contribution is -0.161. The van der Waals surface area contributed by atoms with Gasteiger partial charge < -0.3 is 5.11 Å². The van der Waals surface area contributed by atoms with E-state index in [0.717, 1.165) is 16.9 Å². The molecule has 0 aliphatic heterocycles. The van der Waals surface area contributed by atoms with Crippen LogP contribution in [0.25, 0.3) is 0 Å². The molecular formula is C16H16F3NO2S2. The molecule has 0 saturated heterocycles. The minimum Gasteiger partial charge on any atom is -0.480 e. The zero-order valence-electron chi connectivity index (χ0n) is 12.5. The van der Waals surface area contributed by atoms with Gasteiger partial charge in [-0.05, 0) is 17.0 Å². The fourth-order valence-electron chi connectivity index (χ4n) is 2.05. The molecule has 1 heterocycles. The number of alkyl halides is 3. The van der Waals surface area contributed by atoms with Gasteiger partial charge in [-0.1, -0.05) is 36.4 Å². The third kappa shape index (κ3) is 5.54. The topological polar surface area (TPSA) is 49.3 Å². The molecule has 0 saturated carbocycles. The third-order valence-electron chi connectivity index (χ3n) is 3.22. The Bertz CT molecular complexity index is 633. The summed E-state index contributed by atoms with van der Waals surface area (Å²) in [6, 6.07) is 8.97. The van der Waals surface area contributed by atoms with E-state index in [-0.39, 0.29) is 10.6 Å². The smallest absolute Gasteiger partial charge is 0.408 e. The van der Waals surface area contributed by atoms with Crippen molar-refractivity contribution >= 4 is 29.1 Å². The molecule has 0 radical (unpaired) electrons. The second-order valence-corrected chi connectivity index (χ2v) is 7.06. The Hall–Kier alpha value is -1.51. The van der Waals surface area contributed by atoms with Gasteiger partial charge in [-0.2, -0.15) is 24.9 Å². The number of benzene rings is 1. The maximum atomic E-state index is 13.2. The van der Waals surface area contributed by atoms with Crippen LogP contribution in [0.2, 0.25) is 0 Å². The van der Waals surface area contributed by atoms with E-state index in [2.05, 4.69) is 5.32 Å². The minimum atomic E-state index is -4.55. The van der Waals surface area contributed by atoms with Crippen LogP contribution in [0.4, 0.5) is 13.2 Å². The molecule has 2 aromatic rings. The third-order valence-corrected chi connectivity index (χ3v) is 5.26. The maximum absolute atomic E-state index is 13.2. The largest absolute Gasteiger partial charge is 0.480 e. The standard InChI is InChI=1S/C16H16F3NO2S2/c17-16(18,19)14(13-7-4-8-24-13)20-12(15(21)22)10-23-9-11-5-2-1-3-6-11/h1-8,12,14,20H,9-10H2,(H,21,22)/t12-,14+/m0/s1. The molecule has 2 atom stereocenters. The average molecular weight is 375 g/mol. The molecule has 0 bridgehead atoms. The maximum Gasteiger partial charge on any atom is 0.408 e. The van der Waals surface area contributed by atoms with Crippen molar-refractivity contribution in [2.45, 2.75) is 24.0 Å². The number of carboxylic acid groups (broad SMARTS) is 1. The van der Waals surface area contributed by atoms with Crippen LogP contribution >= 0.6 is 23.1 Å². The highest BCUT2D eigenvalue weighted by Crippen LogP contribution is 2.35. The highest BCUT2D eigenvalue weighted by molar-refractivity contribution is 7.98. The zero-order valence-corrected chi connectivity index (χ0v) is 14.1. The number of halogens is 3. The van der Waals surface area contributed by atoms with E-state index < -0.39 is 24.2 Å². The van der Waals surface area contributed by atoms with Crippen LogP contribution in [0.5, 0.6) is 0 Å². The molecule has 2 rings (SSSR count). The van der Waals surface area contributed by atoms with Gasteiger partial charge in [-0.25, -0.2) is 0 Å². The van der Waals surface area contributed by atoms with Crippen LogP contribution < -0.4 is 5.32 Å². The predicted molar refractivity (Wildman–Crippen MR) is 90.3 cm³/mol. The summed E-state index contributed by atoms with van der Waals surface area (Å²) in [4.78, 5) is 11.4. The molecular weight excluding hydrogens is 359 g/mol. The van der Waals surface area contributed by atoms with Gasteiger partial charge in [-0.3, -0.25) is 10.1 Å². The molecule has 3 nitrogen and oxygen atoms in total. The summed E-state index contributed by atoms with van der Waals surface area (Å²) in [5, 5.41) is 13.0. The fourth-order valence-corrected chi connectivity index (χ4v) is 3.88. The average Bonchev–Trinajstić information content (AvgIpc) is 3.04. The summed E-state index contributed by atoms with van der Waals surface area (Å²) in [7, 11) is 0. The summed E-state index contributed by atoms with van der Waals surface area (Å²) >= 11 is 2.24. The van der Waals surface area contributed by atoms with Crippen molar-refractivity contribution in [3.05, 3.63) is 58.3 Å². The number of thiophene rings is 1. The Morgan fingerprint density at radius 3 is 2.46 bits per heavy atom. The Labute approximate surface area is 145 Å². The molecule has 0 aliphatic carbocycles. The first-order chi connectivity index (χ1) is 11.4. The molecule has 1 aromatic heterocycles. The lowest BCUT2D eigenvalue weighted by Crippen LogP contribution is -2.45. The van der Waals surface area contributed by atoms with Gasteiger partial charge in [0.15, 0.2) is 0 Å². The van der Waals surface area contributed by atoms with Crippen LogP contribution in [-0.2, 0) is 10.5 Å². The number of carboxylic acids is 1. The van der Waals surface area contributed by atoms with Gasteiger partial charge in [0, 0.05) is 16.4 Å². The van der Waals surface area contributed by atoms with Gasteiger partial charge in [0.2, 0.25) is 0 Å². The van der Waals surface area contributed by atoms with Crippen molar-refractivity contribution in [2.75, 3.05) is 5.75 Å². The molecule has 8 heteroatoms. The minimum absolute atomic E-state index is 0.0438. The lowest BCUT2D eigenvalue weighted by atomic mass is 10.2. The van der Waals surface area contributed by atoms with Gasteiger partial charge in [-0.15, -0.1) is 11.3 Å². The molecule has 1 aromatic carbocycles. The first-order valence-electron chi connectivity index (χ1n) is 7.08. The number of hydrogen-bond donors (Lipinski definition) is 2. The number of rotatable bonds is 8. The SMILES string of the molecule is O=C(O)[C@H](CSCc1ccccc1)N[C@H](c1cccs1)C(F)(F)F. The second-order valence-electron chi connectivity index (χ2n) is 5.05. The van der Waals surface area contributed by atoms with Gasteiger partial charge in [0.1, 0.15) is 12.1 Å². The number of thioether (sulfide) groups is 1. The molecule has 24 heavy (non-hydrogen) atoms. The van der Waals surface area contributed by atoms with E-state index >= 15 is 0 Å². The second kappa shape index (κ2) is 8.55. The van der Waals surface area contributed by atoms with Gasteiger partial charge in [0.25, 0.3) is 0 Å². The van der Waals surface area contributed by atoms with Crippen molar-refractivity contribution < 1.29 is 23.1 Å². The van der Waals surface area contributed by atoms with E-state index in [9.17, 15) is 23.1 Å². The van der Waals surface area contributed by atoms with E-state index in [1.807, 2.05) is 30.3 Å². The van der Waals surface area contributed by atoms with Gasteiger partial charge >= 0.3 is 12.1 Å². The van der Waals surface area contributed by atoms with E-state index in [0.29, 0.717) is 5.75 Å². The zero-order chi connectivity index (χ0) is 17.6. The summed E-state index contributed by atoms with van der Waals surface area (Å²) in [5.74, 6) is -0.703. The Balaban J connectivity index is 2.00. The summed E-state index contributed by atoms with van der Waals surface area (Å²) < 4.78 is 39.7. The van der Waals surface area contributed by atoms with E-state index in [1.54, 1.807) is 0 Å². The van der Waals surface area contributed by atoms with Crippen LogP contribution in [0.15, 0.2) is 47.8 Å². The summed E-state index contributed by atoms with van der Waals surface area (Å²) in [6.07, 6.45) is -4.55. The highest BCUT2D eigenvalue weighted by Gasteiger charge is 2.43. The molecule has 0 spiro atoms. The van der Waals surface area contributed by atoms with Gasteiger partial charge in [0.05, 0.1) is 0 Å². The predicted octanol–water partition coefficient (Wildman–Crippen LogP) is 4.33. The monoisotopic (exact) mass is 375 g/mol. The fraction of sp³-hybridized carbons (Fsp3) is 0.312. The van der Waals surface area contributed by atoms with Crippen LogP contribution in [0, 0.1) is 0 Å². The van der Waals surface area contributed by atoms with Crippen LogP contribution in [-0.4, -0.2) is 29.0 Å². The first kappa shape index (κ1) is 18.8. The molecule has 0 aliphatic rings. The molecule has 130 valence electrons.